The van der Waals surface area contributed by atoms with Crippen LogP contribution in [0.4, 0.5) is 0 Å². The Morgan fingerprint density at radius 3 is 2.53 bits per heavy atom. The topological polar surface area (TPSA) is 63.8 Å². The lowest BCUT2D eigenvalue weighted by Gasteiger charge is -2.16. The first-order chi connectivity index (χ1) is 8.96. The summed E-state index contributed by atoms with van der Waals surface area (Å²) in [6.07, 6.45) is 1.10. The maximum absolute atomic E-state index is 9.29. The van der Waals surface area contributed by atoms with Crippen molar-refractivity contribution in [2.75, 3.05) is 5.75 Å². The summed E-state index contributed by atoms with van der Waals surface area (Å²) >= 11 is 1.64. The minimum Gasteiger partial charge on any atom is -0.508 e. The molecule has 2 aromatic rings. The molecule has 0 atom stereocenters. The van der Waals surface area contributed by atoms with Crippen molar-refractivity contribution >= 4 is 11.8 Å². The van der Waals surface area contributed by atoms with Gasteiger partial charge in [0, 0.05) is 5.75 Å². The summed E-state index contributed by atoms with van der Waals surface area (Å²) in [5, 5.41) is 21.8. The third-order valence-corrected chi connectivity index (χ3v) is 3.54. The van der Waals surface area contributed by atoms with Gasteiger partial charge in [-0.15, -0.1) is 5.10 Å². The van der Waals surface area contributed by atoms with E-state index in [1.54, 1.807) is 40.7 Å². The first kappa shape index (κ1) is 13.9. The number of thioether (sulfide) groups is 1. The zero-order valence-electron chi connectivity index (χ0n) is 11.4. The first-order valence-corrected chi connectivity index (χ1v) is 7.15. The van der Waals surface area contributed by atoms with E-state index in [0.717, 1.165) is 23.0 Å². The van der Waals surface area contributed by atoms with Gasteiger partial charge in [0.25, 0.3) is 0 Å². The van der Waals surface area contributed by atoms with E-state index in [9.17, 15) is 5.11 Å². The molecule has 102 valence electrons. The van der Waals surface area contributed by atoms with Crippen LogP contribution in [0.25, 0.3) is 5.69 Å². The van der Waals surface area contributed by atoms with Crippen molar-refractivity contribution in [3.8, 4) is 11.4 Å². The molecule has 0 amide bonds. The van der Waals surface area contributed by atoms with Crippen molar-refractivity contribution < 1.29 is 5.11 Å². The molecule has 5 nitrogen and oxygen atoms in total. The molecule has 0 spiro atoms. The average Bonchev–Trinajstić information content (AvgIpc) is 2.77. The van der Waals surface area contributed by atoms with E-state index < -0.39 is 0 Å². The number of rotatable bonds is 4. The van der Waals surface area contributed by atoms with Gasteiger partial charge in [0.05, 0.1) is 5.69 Å². The summed E-state index contributed by atoms with van der Waals surface area (Å²) < 4.78 is 1.69. The van der Waals surface area contributed by atoms with Crippen LogP contribution < -0.4 is 0 Å². The van der Waals surface area contributed by atoms with Crippen LogP contribution in [0.5, 0.6) is 5.75 Å². The molecule has 0 radical (unpaired) electrons. The number of benzene rings is 1. The summed E-state index contributed by atoms with van der Waals surface area (Å²) in [7, 11) is 0. The van der Waals surface area contributed by atoms with Gasteiger partial charge in [0.1, 0.15) is 5.75 Å². The van der Waals surface area contributed by atoms with Gasteiger partial charge in [-0.3, -0.25) is 0 Å². The molecule has 2 rings (SSSR count). The minimum absolute atomic E-state index is 0.235. The number of tetrazole rings is 1. The van der Waals surface area contributed by atoms with Crippen LogP contribution in [0, 0.1) is 5.41 Å². The summed E-state index contributed by atoms with van der Waals surface area (Å²) in [4.78, 5) is 0. The van der Waals surface area contributed by atoms with Crippen molar-refractivity contribution in [3.63, 3.8) is 0 Å². The fraction of sp³-hybridized carbons (Fsp3) is 0.462. The van der Waals surface area contributed by atoms with E-state index in [4.69, 9.17) is 0 Å². The van der Waals surface area contributed by atoms with E-state index in [2.05, 4.69) is 36.3 Å². The van der Waals surface area contributed by atoms with E-state index in [1.807, 2.05) is 0 Å². The Morgan fingerprint density at radius 2 is 1.89 bits per heavy atom. The standard InChI is InChI=1S/C13H18N4OS/c1-13(2,3)8-9-19-12-14-15-16-17(12)10-4-6-11(18)7-5-10/h4-7,18H,8-9H2,1-3H3. The van der Waals surface area contributed by atoms with Crippen molar-refractivity contribution in [2.24, 2.45) is 5.41 Å². The molecule has 0 saturated heterocycles. The lowest BCUT2D eigenvalue weighted by molar-refractivity contribution is 0.401. The molecular weight excluding hydrogens is 260 g/mol. The number of hydrogen-bond acceptors (Lipinski definition) is 5. The Labute approximate surface area is 117 Å². The van der Waals surface area contributed by atoms with Crippen LogP contribution in [0.2, 0.25) is 0 Å². The summed E-state index contributed by atoms with van der Waals surface area (Å²) in [5.41, 5.74) is 1.16. The second-order valence-corrected chi connectivity index (χ2v) is 6.61. The van der Waals surface area contributed by atoms with Crippen LogP contribution in [0.1, 0.15) is 27.2 Å². The molecule has 6 heteroatoms. The van der Waals surface area contributed by atoms with E-state index in [0.29, 0.717) is 5.41 Å². The van der Waals surface area contributed by atoms with Gasteiger partial charge in [-0.2, -0.15) is 4.68 Å². The highest BCUT2D eigenvalue weighted by Gasteiger charge is 2.13. The average molecular weight is 278 g/mol. The highest BCUT2D eigenvalue weighted by Crippen LogP contribution is 2.25. The largest absolute Gasteiger partial charge is 0.508 e. The molecule has 1 aromatic carbocycles. The maximum Gasteiger partial charge on any atom is 0.214 e. The van der Waals surface area contributed by atoms with Crippen molar-refractivity contribution in [3.05, 3.63) is 24.3 Å². The predicted octanol–water partition coefficient (Wildman–Crippen LogP) is 2.90. The van der Waals surface area contributed by atoms with Crippen LogP contribution in [0.3, 0.4) is 0 Å². The second kappa shape index (κ2) is 5.61. The Hall–Kier alpha value is -1.56. The number of phenols is 1. The van der Waals surface area contributed by atoms with E-state index in [1.165, 1.54) is 0 Å². The molecule has 0 fully saturated rings. The fourth-order valence-corrected chi connectivity index (χ4v) is 2.73. The number of aromatic nitrogens is 4. The van der Waals surface area contributed by atoms with E-state index >= 15 is 0 Å². The number of aromatic hydroxyl groups is 1. The van der Waals surface area contributed by atoms with Crippen LogP contribution in [0.15, 0.2) is 29.4 Å². The molecule has 0 unspecified atom stereocenters. The van der Waals surface area contributed by atoms with Crippen molar-refractivity contribution in [1.82, 2.24) is 20.2 Å². The van der Waals surface area contributed by atoms with Crippen LogP contribution in [-0.4, -0.2) is 31.1 Å². The lowest BCUT2D eigenvalue weighted by atomic mass is 9.94. The summed E-state index contributed by atoms with van der Waals surface area (Å²) in [5.74, 6) is 1.21. The number of nitrogens with zero attached hydrogens (tertiary/aromatic N) is 4. The minimum atomic E-state index is 0.235. The molecular formula is C13H18N4OS. The fourth-order valence-electron chi connectivity index (χ4n) is 1.47. The predicted molar refractivity (Wildman–Crippen MR) is 75.6 cm³/mol. The quantitative estimate of drug-likeness (QED) is 0.871. The van der Waals surface area contributed by atoms with Gasteiger partial charge in [-0.05, 0) is 46.5 Å². The zero-order chi connectivity index (χ0) is 13.9. The monoisotopic (exact) mass is 278 g/mol. The molecule has 1 heterocycles. The maximum atomic E-state index is 9.29. The Morgan fingerprint density at radius 1 is 1.21 bits per heavy atom. The number of phenolic OH excluding ortho intramolecular Hbond substituents is 1. The molecule has 19 heavy (non-hydrogen) atoms. The molecule has 0 aliphatic carbocycles. The van der Waals surface area contributed by atoms with Gasteiger partial charge >= 0.3 is 0 Å². The molecule has 0 aliphatic heterocycles. The third-order valence-electron chi connectivity index (χ3n) is 2.62. The SMILES string of the molecule is CC(C)(C)CCSc1nnnn1-c1ccc(O)cc1. The Balaban J connectivity index is 2.07. The number of hydrogen-bond donors (Lipinski definition) is 1. The van der Waals surface area contributed by atoms with Gasteiger partial charge in [-0.1, -0.05) is 32.5 Å². The third kappa shape index (κ3) is 3.96. The normalized spacial score (nSPS) is 11.7. The Kier molecular flexibility index (Phi) is 4.09. The van der Waals surface area contributed by atoms with Crippen LogP contribution >= 0.6 is 11.8 Å². The van der Waals surface area contributed by atoms with Crippen molar-refractivity contribution in [2.45, 2.75) is 32.3 Å². The highest BCUT2D eigenvalue weighted by molar-refractivity contribution is 7.99. The second-order valence-electron chi connectivity index (χ2n) is 5.55. The first-order valence-electron chi connectivity index (χ1n) is 6.16. The molecule has 0 aliphatic rings. The Bertz CT molecular complexity index is 530. The van der Waals surface area contributed by atoms with Gasteiger partial charge in [0.15, 0.2) is 0 Å². The highest BCUT2D eigenvalue weighted by atomic mass is 32.2. The van der Waals surface area contributed by atoms with Crippen LogP contribution in [-0.2, 0) is 0 Å². The molecule has 0 bridgehead atoms. The van der Waals surface area contributed by atoms with Gasteiger partial charge in [-0.25, -0.2) is 0 Å². The summed E-state index contributed by atoms with van der Waals surface area (Å²) in [6, 6.07) is 6.83. The van der Waals surface area contributed by atoms with E-state index in [-0.39, 0.29) is 5.75 Å². The zero-order valence-corrected chi connectivity index (χ0v) is 12.2. The van der Waals surface area contributed by atoms with Gasteiger partial charge < -0.3 is 5.11 Å². The molecule has 0 saturated carbocycles. The lowest BCUT2D eigenvalue weighted by Crippen LogP contribution is -2.06. The summed E-state index contributed by atoms with van der Waals surface area (Å²) in [6.45, 7) is 6.66. The van der Waals surface area contributed by atoms with Crippen molar-refractivity contribution in [1.29, 1.82) is 0 Å². The smallest absolute Gasteiger partial charge is 0.214 e. The van der Waals surface area contributed by atoms with Gasteiger partial charge in [0.2, 0.25) is 5.16 Å². The molecule has 1 aromatic heterocycles. The molecule has 1 N–H and O–H groups in total.